The molecule has 9 heteroatoms. The smallest absolute Gasteiger partial charge is 0.315 e. The molecule has 19 heavy (non-hydrogen) atoms. The van der Waals surface area contributed by atoms with Gasteiger partial charge in [-0.15, -0.1) is 12.4 Å². The molecule has 0 radical (unpaired) electrons. The van der Waals surface area contributed by atoms with Gasteiger partial charge in [0.05, 0.1) is 24.2 Å². The topological polar surface area (TPSA) is 82.3 Å². The number of rotatable bonds is 0. The Kier molecular flexibility index (Phi) is 4.97. The van der Waals surface area contributed by atoms with Crippen LogP contribution in [0.4, 0.5) is 9.59 Å². The van der Waals surface area contributed by atoms with E-state index >= 15 is 0 Å². The summed E-state index contributed by atoms with van der Waals surface area (Å²) in [6.07, 6.45) is 0. The van der Waals surface area contributed by atoms with E-state index in [4.69, 9.17) is 0 Å². The first-order valence-corrected chi connectivity index (χ1v) is 8.33. The van der Waals surface area contributed by atoms with Gasteiger partial charge in [-0.3, -0.25) is 0 Å². The highest BCUT2D eigenvalue weighted by Gasteiger charge is 2.36. The molecule has 0 aromatic rings. The minimum absolute atomic E-state index is 0. The fourth-order valence-corrected chi connectivity index (χ4v) is 4.98. The normalized spacial score (nSPS) is 37.7. The van der Waals surface area contributed by atoms with Gasteiger partial charge in [0.25, 0.3) is 0 Å². The molecular weight excluding hydrogens is 308 g/mol. The summed E-state index contributed by atoms with van der Waals surface area (Å²) in [4.78, 5) is 21.3. The van der Waals surface area contributed by atoms with Crippen LogP contribution in [0, 0.1) is 0 Å². The van der Waals surface area contributed by atoms with Crippen molar-refractivity contribution in [1.29, 1.82) is 0 Å². The molecule has 4 saturated heterocycles. The molecule has 0 saturated carbocycles. The van der Waals surface area contributed by atoms with E-state index < -0.39 is 0 Å². The van der Waals surface area contributed by atoms with Gasteiger partial charge in [0.15, 0.2) is 0 Å². The third kappa shape index (κ3) is 3.35. The molecule has 0 spiro atoms. The Balaban J connectivity index is 0.000000133. The number of thioether (sulfide) groups is 2. The van der Waals surface area contributed by atoms with Crippen molar-refractivity contribution in [2.24, 2.45) is 0 Å². The lowest BCUT2D eigenvalue weighted by Crippen LogP contribution is -2.31. The van der Waals surface area contributed by atoms with E-state index in [1.54, 1.807) is 0 Å². The fourth-order valence-electron chi connectivity index (χ4n) is 2.43. The summed E-state index contributed by atoms with van der Waals surface area (Å²) in [5.74, 6) is 4.29. The molecule has 4 amide bonds. The van der Waals surface area contributed by atoms with Crippen LogP contribution in [0.1, 0.15) is 0 Å². The predicted octanol–water partition coefficient (Wildman–Crippen LogP) is -0.0118. The first kappa shape index (κ1) is 14.9. The van der Waals surface area contributed by atoms with E-state index in [2.05, 4.69) is 21.3 Å². The van der Waals surface area contributed by atoms with Crippen LogP contribution in [0.3, 0.4) is 0 Å². The van der Waals surface area contributed by atoms with Gasteiger partial charge < -0.3 is 21.3 Å². The maximum absolute atomic E-state index is 10.6. The summed E-state index contributed by atoms with van der Waals surface area (Å²) in [7, 11) is 0. The average Bonchev–Trinajstić information content (AvgIpc) is 2.97. The average molecular weight is 325 g/mol. The zero-order chi connectivity index (χ0) is 12.5. The maximum Gasteiger partial charge on any atom is 0.315 e. The fraction of sp³-hybridized carbons (Fsp3) is 0.800. The van der Waals surface area contributed by atoms with Crippen molar-refractivity contribution in [3.63, 3.8) is 0 Å². The van der Waals surface area contributed by atoms with E-state index in [9.17, 15) is 9.59 Å². The number of carbonyl (C=O) groups is 2. The summed E-state index contributed by atoms with van der Waals surface area (Å²) in [6, 6.07) is 1.63. The second-order valence-corrected chi connectivity index (χ2v) is 6.89. The molecular formula is C10H17ClN4O2S2. The molecule has 0 bridgehead atoms. The lowest BCUT2D eigenvalue weighted by molar-refractivity contribution is 0.246. The summed E-state index contributed by atoms with van der Waals surface area (Å²) in [5.41, 5.74) is 0. The molecule has 4 unspecified atom stereocenters. The zero-order valence-electron chi connectivity index (χ0n) is 10.2. The molecule has 4 atom stereocenters. The van der Waals surface area contributed by atoms with Gasteiger partial charge in [-0.1, -0.05) is 0 Å². The molecule has 0 aromatic carbocycles. The SMILES string of the molecule is Cl.O=C1NC2CSCC2N1.O=C1NC2CSCC2N1. The minimum Gasteiger partial charge on any atom is -0.332 e. The lowest BCUT2D eigenvalue weighted by Gasteiger charge is -2.02. The van der Waals surface area contributed by atoms with Crippen molar-refractivity contribution in [1.82, 2.24) is 21.3 Å². The monoisotopic (exact) mass is 324 g/mol. The highest BCUT2D eigenvalue weighted by Crippen LogP contribution is 2.21. The molecule has 0 aliphatic carbocycles. The lowest BCUT2D eigenvalue weighted by atomic mass is 10.2. The molecule has 4 aliphatic heterocycles. The Bertz CT molecular complexity index is 311. The van der Waals surface area contributed by atoms with Crippen LogP contribution in [-0.4, -0.2) is 59.2 Å². The quantitative estimate of drug-likeness (QED) is 0.472. The van der Waals surface area contributed by atoms with E-state index in [1.165, 1.54) is 0 Å². The van der Waals surface area contributed by atoms with Gasteiger partial charge in [-0.25, -0.2) is 9.59 Å². The first-order valence-electron chi connectivity index (χ1n) is 6.02. The van der Waals surface area contributed by atoms with Crippen LogP contribution in [0.5, 0.6) is 0 Å². The van der Waals surface area contributed by atoms with Crippen molar-refractivity contribution >= 4 is 48.0 Å². The van der Waals surface area contributed by atoms with Crippen LogP contribution >= 0.6 is 35.9 Å². The number of halogens is 1. The highest BCUT2D eigenvalue weighted by molar-refractivity contribution is 7.99. The number of urea groups is 2. The predicted molar refractivity (Wildman–Crippen MR) is 80.4 cm³/mol. The second kappa shape index (κ2) is 6.32. The number of amides is 4. The summed E-state index contributed by atoms with van der Waals surface area (Å²) < 4.78 is 0. The van der Waals surface area contributed by atoms with Crippen molar-refractivity contribution < 1.29 is 9.59 Å². The number of hydrogen-bond acceptors (Lipinski definition) is 4. The molecule has 4 N–H and O–H groups in total. The number of carbonyl (C=O) groups excluding carboxylic acids is 2. The molecule has 6 nitrogen and oxygen atoms in total. The van der Waals surface area contributed by atoms with E-state index in [0.717, 1.165) is 23.0 Å². The Morgan fingerprint density at radius 2 is 0.947 bits per heavy atom. The van der Waals surface area contributed by atoms with Crippen molar-refractivity contribution in [3.8, 4) is 0 Å². The number of hydrogen-bond donors (Lipinski definition) is 4. The van der Waals surface area contributed by atoms with Crippen molar-refractivity contribution in [3.05, 3.63) is 0 Å². The van der Waals surface area contributed by atoms with Gasteiger partial charge in [-0.2, -0.15) is 23.5 Å². The second-order valence-electron chi connectivity index (χ2n) is 4.74. The standard InChI is InChI=1S/2C5H8N2OS.ClH/c2*8-5-6-3-1-9-2-4(3)7-5;/h2*3-4H,1-2H2,(H2,6,7,8);1H. The molecule has 4 aliphatic rings. The van der Waals surface area contributed by atoms with Crippen LogP contribution in [0.25, 0.3) is 0 Å². The van der Waals surface area contributed by atoms with Crippen molar-refractivity contribution in [2.45, 2.75) is 24.2 Å². The van der Waals surface area contributed by atoms with Gasteiger partial charge in [0.2, 0.25) is 0 Å². The third-order valence-electron chi connectivity index (χ3n) is 3.43. The van der Waals surface area contributed by atoms with Crippen LogP contribution in [-0.2, 0) is 0 Å². The largest absolute Gasteiger partial charge is 0.332 e. The Morgan fingerprint density at radius 1 is 0.684 bits per heavy atom. The van der Waals surface area contributed by atoms with Gasteiger partial charge in [-0.05, 0) is 0 Å². The van der Waals surface area contributed by atoms with Gasteiger partial charge in [0.1, 0.15) is 0 Å². The Morgan fingerprint density at radius 3 is 1.21 bits per heavy atom. The van der Waals surface area contributed by atoms with E-state index in [0.29, 0.717) is 24.2 Å². The van der Waals surface area contributed by atoms with Crippen LogP contribution in [0.2, 0.25) is 0 Å². The molecule has 0 aromatic heterocycles. The zero-order valence-corrected chi connectivity index (χ0v) is 12.6. The van der Waals surface area contributed by atoms with Gasteiger partial charge in [0, 0.05) is 23.0 Å². The number of nitrogens with one attached hydrogen (secondary N) is 4. The first-order chi connectivity index (χ1) is 8.72. The van der Waals surface area contributed by atoms with Crippen molar-refractivity contribution in [2.75, 3.05) is 23.0 Å². The molecule has 4 fully saturated rings. The van der Waals surface area contributed by atoms with E-state index in [-0.39, 0.29) is 24.5 Å². The summed E-state index contributed by atoms with van der Waals surface area (Å²) >= 11 is 3.78. The number of fused-ring (bicyclic) bond motifs is 2. The maximum atomic E-state index is 10.6. The van der Waals surface area contributed by atoms with Crippen LogP contribution < -0.4 is 21.3 Å². The Labute approximate surface area is 126 Å². The van der Waals surface area contributed by atoms with Gasteiger partial charge >= 0.3 is 12.1 Å². The van der Waals surface area contributed by atoms with Crippen LogP contribution in [0.15, 0.2) is 0 Å². The molecule has 4 rings (SSSR count). The Hall–Kier alpha value is -0.470. The highest BCUT2D eigenvalue weighted by atomic mass is 35.5. The molecule has 4 heterocycles. The van der Waals surface area contributed by atoms with E-state index in [1.807, 2.05) is 23.5 Å². The summed E-state index contributed by atoms with van der Waals surface area (Å²) in [6.45, 7) is 0. The summed E-state index contributed by atoms with van der Waals surface area (Å²) in [5, 5.41) is 11.4. The minimum atomic E-state index is 0. The molecule has 108 valence electrons. The third-order valence-corrected chi connectivity index (χ3v) is 5.81.